The van der Waals surface area contributed by atoms with Gasteiger partial charge in [0.05, 0.1) is 13.2 Å². The zero-order valence-corrected chi connectivity index (χ0v) is 11.8. The van der Waals surface area contributed by atoms with Crippen LogP contribution < -0.4 is 5.32 Å². The fourth-order valence-corrected chi connectivity index (χ4v) is 2.41. The van der Waals surface area contributed by atoms with Gasteiger partial charge in [0.25, 0.3) is 0 Å². The molecule has 1 unspecified atom stereocenters. The molecule has 0 spiro atoms. The third-order valence-corrected chi connectivity index (χ3v) is 3.38. The fraction of sp³-hybridized carbons (Fsp3) is 0.571. The molecule has 0 bridgehead atoms. The molecule has 19 heavy (non-hydrogen) atoms. The van der Waals surface area contributed by atoms with Crippen LogP contribution in [0, 0.1) is 5.82 Å². The molecule has 1 aliphatic rings. The molecular formula is C14H19ClFNO2. The third-order valence-electron chi connectivity index (χ3n) is 3.14. The maximum Gasteiger partial charge on any atom is 0.159 e. The van der Waals surface area contributed by atoms with Crippen molar-refractivity contribution in [1.82, 2.24) is 5.32 Å². The number of halogens is 2. The van der Waals surface area contributed by atoms with Gasteiger partial charge in [-0.15, -0.1) is 0 Å². The van der Waals surface area contributed by atoms with Crippen molar-refractivity contribution in [1.29, 1.82) is 0 Å². The highest BCUT2D eigenvalue weighted by molar-refractivity contribution is 6.30. The molecule has 1 aliphatic heterocycles. The first-order chi connectivity index (χ1) is 9.19. The van der Waals surface area contributed by atoms with Gasteiger partial charge in [-0.25, -0.2) is 4.39 Å². The van der Waals surface area contributed by atoms with Crippen LogP contribution in [0.2, 0.25) is 5.02 Å². The predicted molar refractivity (Wildman–Crippen MR) is 72.9 cm³/mol. The van der Waals surface area contributed by atoms with Crippen molar-refractivity contribution < 1.29 is 13.9 Å². The number of rotatable bonds is 6. The SMILES string of the molecule is CCNC(Cc1ccc(Cl)cc1F)CC1OCCO1. The summed E-state index contributed by atoms with van der Waals surface area (Å²) in [5, 5.41) is 3.76. The van der Waals surface area contributed by atoms with Crippen molar-refractivity contribution in [2.45, 2.75) is 32.1 Å². The summed E-state index contributed by atoms with van der Waals surface area (Å²) in [5.41, 5.74) is 0.661. The molecule has 3 nitrogen and oxygen atoms in total. The Hall–Kier alpha value is -0.680. The van der Waals surface area contributed by atoms with Gasteiger partial charge in [0.1, 0.15) is 5.82 Å². The highest BCUT2D eigenvalue weighted by atomic mass is 35.5. The Morgan fingerprint density at radius 1 is 1.42 bits per heavy atom. The molecule has 0 saturated carbocycles. The molecule has 1 heterocycles. The van der Waals surface area contributed by atoms with Gasteiger partial charge in [-0.05, 0) is 30.7 Å². The summed E-state index contributed by atoms with van der Waals surface area (Å²) in [5.74, 6) is -0.260. The topological polar surface area (TPSA) is 30.5 Å². The van der Waals surface area contributed by atoms with Gasteiger partial charge < -0.3 is 14.8 Å². The first-order valence-electron chi connectivity index (χ1n) is 6.59. The summed E-state index contributed by atoms with van der Waals surface area (Å²) >= 11 is 5.76. The lowest BCUT2D eigenvalue weighted by Crippen LogP contribution is -2.35. The second-order valence-electron chi connectivity index (χ2n) is 4.60. The molecular weight excluding hydrogens is 269 g/mol. The van der Waals surface area contributed by atoms with E-state index in [4.69, 9.17) is 21.1 Å². The lowest BCUT2D eigenvalue weighted by Gasteiger charge is -2.21. The number of nitrogens with one attached hydrogen (secondary N) is 1. The molecule has 1 fully saturated rings. The van der Waals surface area contributed by atoms with Crippen LogP contribution in [-0.2, 0) is 15.9 Å². The molecule has 0 aliphatic carbocycles. The number of ether oxygens (including phenoxy) is 2. The smallest absolute Gasteiger partial charge is 0.159 e. The van der Waals surface area contributed by atoms with E-state index in [-0.39, 0.29) is 18.1 Å². The normalized spacial score (nSPS) is 17.8. The van der Waals surface area contributed by atoms with Crippen LogP contribution in [0.4, 0.5) is 4.39 Å². The number of hydrogen-bond donors (Lipinski definition) is 1. The molecule has 1 atom stereocenters. The van der Waals surface area contributed by atoms with Crippen molar-refractivity contribution in [3.63, 3.8) is 0 Å². The molecule has 1 N–H and O–H groups in total. The summed E-state index contributed by atoms with van der Waals surface area (Å²) in [6, 6.07) is 4.93. The van der Waals surface area contributed by atoms with Gasteiger partial charge in [0, 0.05) is 17.5 Å². The average Bonchev–Trinajstić information content (AvgIpc) is 2.86. The van der Waals surface area contributed by atoms with Gasteiger partial charge in [0.2, 0.25) is 0 Å². The molecule has 0 radical (unpaired) electrons. The molecule has 2 rings (SSSR count). The molecule has 1 aromatic rings. The van der Waals surface area contributed by atoms with E-state index in [9.17, 15) is 4.39 Å². The van der Waals surface area contributed by atoms with E-state index in [2.05, 4.69) is 5.32 Å². The minimum atomic E-state index is -0.260. The maximum atomic E-state index is 13.8. The number of benzene rings is 1. The first-order valence-corrected chi connectivity index (χ1v) is 6.97. The Bertz CT molecular complexity index is 410. The van der Waals surface area contributed by atoms with E-state index in [1.54, 1.807) is 12.1 Å². The standard InChI is InChI=1S/C14H19ClFNO2/c1-2-17-12(9-14-18-5-6-19-14)7-10-3-4-11(15)8-13(10)16/h3-4,8,12,14,17H,2,5-7,9H2,1H3. The average molecular weight is 288 g/mol. The Labute approximate surface area is 118 Å². The largest absolute Gasteiger partial charge is 0.350 e. The Morgan fingerprint density at radius 3 is 2.79 bits per heavy atom. The van der Waals surface area contributed by atoms with E-state index in [0.717, 1.165) is 13.0 Å². The van der Waals surface area contributed by atoms with Gasteiger partial charge >= 0.3 is 0 Å². The third kappa shape index (κ3) is 4.42. The second kappa shape index (κ2) is 7.20. The molecule has 106 valence electrons. The van der Waals surface area contributed by atoms with Crippen LogP contribution in [0.3, 0.4) is 0 Å². The van der Waals surface area contributed by atoms with Gasteiger partial charge in [0.15, 0.2) is 6.29 Å². The zero-order valence-electron chi connectivity index (χ0n) is 11.0. The summed E-state index contributed by atoms with van der Waals surface area (Å²) in [6.07, 6.45) is 1.13. The lowest BCUT2D eigenvalue weighted by molar-refractivity contribution is -0.0526. The van der Waals surface area contributed by atoms with E-state index in [1.165, 1.54) is 6.07 Å². The van der Waals surface area contributed by atoms with Crippen molar-refractivity contribution >= 4 is 11.6 Å². The minimum absolute atomic E-state index is 0.128. The quantitative estimate of drug-likeness (QED) is 0.873. The lowest BCUT2D eigenvalue weighted by atomic mass is 10.0. The highest BCUT2D eigenvalue weighted by Gasteiger charge is 2.22. The van der Waals surface area contributed by atoms with Crippen molar-refractivity contribution in [3.05, 3.63) is 34.6 Å². The molecule has 5 heteroatoms. The van der Waals surface area contributed by atoms with Crippen LogP contribution in [0.5, 0.6) is 0 Å². The Morgan fingerprint density at radius 2 is 2.16 bits per heavy atom. The zero-order chi connectivity index (χ0) is 13.7. The van der Waals surface area contributed by atoms with Crippen molar-refractivity contribution in [2.75, 3.05) is 19.8 Å². The Kier molecular flexibility index (Phi) is 5.58. The van der Waals surface area contributed by atoms with Gasteiger partial charge in [-0.3, -0.25) is 0 Å². The summed E-state index contributed by atoms with van der Waals surface area (Å²) in [7, 11) is 0. The predicted octanol–water partition coefficient (Wildman–Crippen LogP) is 2.76. The van der Waals surface area contributed by atoms with E-state index in [1.807, 2.05) is 6.92 Å². The summed E-state index contributed by atoms with van der Waals surface area (Å²) < 4.78 is 24.7. The van der Waals surface area contributed by atoms with Crippen LogP contribution in [-0.4, -0.2) is 32.1 Å². The van der Waals surface area contributed by atoms with Crippen LogP contribution in [0.15, 0.2) is 18.2 Å². The van der Waals surface area contributed by atoms with Crippen LogP contribution in [0.1, 0.15) is 18.9 Å². The highest BCUT2D eigenvalue weighted by Crippen LogP contribution is 2.19. The van der Waals surface area contributed by atoms with E-state index >= 15 is 0 Å². The Balaban J connectivity index is 1.98. The van der Waals surface area contributed by atoms with Crippen LogP contribution in [0.25, 0.3) is 0 Å². The minimum Gasteiger partial charge on any atom is -0.350 e. The van der Waals surface area contributed by atoms with Crippen molar-refractivity contribution in [2.24, 2.45) is 0 Å². The fourth-order valence-electron chi connectivity index (χ4n) is 2.26. The van der Waals surface area contributed by atoms with Crippen molar-refractivity contribution in [3.8, 4) is 0 Å². The van der Waals surface area contributed by atoms with Gasteiger partial charge in [-0.2, -0.15) is 0 Å². The van der Waals surface area contributed by atoms with Gasteiger partial charge in [-0.1, -0.05) is 24.6 Å². The van der Waals surface area contributed by atoms with E-state index < -0.39 is 0 Å². The van der Waals surface area contributed by atoms with E-state index in [0.29, 0.717) is 30.2 Å². The first kappa shape index (κ1) is 14.7. The summed E-state index contributed by atoms with van der Waals surface area (Å²) in [4.78, 5) is 0. The monoisotopic (exact) mass is 287 g/mol. The second-order valence-corrected chi connectivity index (χ2v) is 5.04. The molecule has 1 saturated heterocycles. The molecule has 0 amide bonds. The number of likely N-dealkylation sites (N-methyl/N-ethyl adjacent to an activating group) is 1. The maximum absolute atomic E-state index is 13.8. The van der Waals surface area contributed by atoms with Crippen LogP contribution >= 0.6 is 11.6 Å². The molecule has 1 aromatic carbocycles. The number of hydrogen-bond acceptors (Lipinski definition) is 3. The summed E-state index contributed by atoms with van der Waals surface area (Å²) in [6.45, 7) is 4.13. The molecule has 0 aromatic heterocycles.